The van der Waals surface area contributed by atoms with Crippen molar-refractivity contribution in [3.8, 4) is 5.75 Å². The lowest BCUT2D eigenvalue weighted by Crippen LogP contribution is -1.94. The molecule has 0 unspecified atom stereocenters. The molecule has 0 amide bonds. The minimum atomic E-state index is -3.64. The standard InChI is InChI=1S/C8H9ClO3S/c1-6-5-7(12-2)3-4-8(6)13(9,10)11/h3-5H,1-2H3. The van der Waals surface area contributed by atoms with Gasteiger partial charge in [-0.15, -0.1) is 0 Å². The summed E-state index contributed by atoms with van der Waals surface area (Å²) < 4.78 is 26.9. The minimum Gasteiger partial charge on any atom is -0.497 e. The Morgan fingerprint density at radius 2 is 2.00 bits per heavy atom. The third-order valence-electron chi connectivity index (χ3n) is 1.64. The Kier molecular flexibility index (Phi) is 2.83. The molecule has 0 N–H and O–H groups in total. The Bertz CT molecular complexity index is 411. The van der Waals surface area contributed by atoms with E-state index in [-0.39, 0.29) is 4.90 Å². The number of benzene rings is 1. The van der Waals surface area contributed by atoms with Crippen LogP contribution >= 0.6 is 10.7 Å². The van der Waals surface area contributed by atoms with Crippen molar-refractivity contribution in [1.82, 2.24) is 0 Å². The van der Waals surface area contributed by atoms with Crippen LogP contribution in [0.15, 0.2) is 23.1 Å². The predicted octanol–water partition coefficient (Wildman–Crippen LogP) is 1.93. The Morgan fingerprint density at radius 3 is 2.38 bits per heavy atom. The van der Waals surface area contributed by atoms with E-state index in [0.717, 1.165) is 0 Å². The lowest BCUT2D eigenvalue weighted by molar-refractivity contribution is 0.414. The topological polar surface area (TPSA) is 43.4 Å². The van der Waals surface area contributed by atoms with E-state index >= 15 is 0 Å². The number of hydrogen-bond acceptors (Lipinski definition) is 3. The molecule has 0 aliphatic rings. The van der Waals surface area contributed by atoms with Gasteiger partial charge in [-0.05, 0) is 30.7 Å². The van der Waals surface area contributed by atoms with Crippen LogP contribution in [-0.4, -0.2) is 15.5 Å². The number of halogens is 1. The number of hydrogen-bond donors (Lipinski definition) is 0. The van der Waals surface area contributed by atoms with E-state index in [4.69, 9.17) is 15.4 Å². The number of methoxy groups -OCH3 is 1. The van der Waals surface area contributed by atoms with Crippen molar-refractivity contribution in [3.63, 3.8) is 0 Å². The van der Waals surface area contributed by atoms with E-state index < -0.39 is 9.05 Å². The van der Waals surface area contributed by atoms with Crippen LogP contribution in [0.5, 0.6) is 5.75 Å². The molecule has 1 rings (SSSR count). The van der Waals surface area contributed by atoms with E-state index in [2.05, 4.69) is 0 Å². The van der Waals surface area contributed by atoms with Crippen molar-refractivity contribution in [2.45, 2.75) is 11.8 Å². The lowest BCUT2D eigenvalue weighted by atomic mass is 10.2. The monoisotopic (exact) mass is 220 g/mol. The molecule has 5 heteroatoms. The van der Waals surface area contributed by atoms with Gasteiger partial charge in [-0.25, -0.2) is 8.42 Å². The average Bonchev–Trinajstić information content (AvgIpc) is 2.01. The molecular weight excluding hydrogens is 212 g/mol. The molecule has 0 aliphatic carbocycles. The highest BCUT2D eigenvalue weighted by molar-refractivity contribution is 8.13. The van der Waals surface area contributed by atoms with E-state index in [1.54, 1.807) is 19.1 Å². The molecule has 1 aromatic carbocycles. The van der Waals surface area contributed by atoms with Crippen molar-refractivity contribution in [2.24, 2.45) is 0 Å². The van der Waals surface area contributed by atoms with Crippen LogP contribution in [0.25, 0.3) is 0 Å². The quantitative estimate of drug-likeness (QED) is 0.716. The maximum atomic E-state index is 11.0. The fraction of sp³-hybridized carbons (Fsp3) is 0.250. The van der Waals surface area contributed by atoms with Gasteiger partial charge in [0.25, 0.3) is 9.05 Å². The first-order valence-corrected chi connectivity index (χ1v) is 5.85. The number of rotatable bonds is 2. The highest BCUT2D eigenvalue weighted by atomic mass is 35.7. The van der Waals surface area contributed by atoms with Crippen molar-refractivity contribution >= 4 is 19.7 Å². The Balaban J connectivity index is 3.29. The van der Waals surface area contributed by atoms with Gasteiger partial charge in [-0.1, -0.05) is 0 Å². The maximum Gasteiger partial charge on any atom is 0.261 e. The summed E-state index contributed by atoms with van der Waals surface area (Å²) in [7, 11) is 3.07. The molecular formula is C8H9ClO3S. The summed E-state index contributed by atoms with van der Waals surface area (Å²) in [6.07, 6.45) is 0. The lowest BCUT2D eigenvalue weighted by Gasteiger charge is -2.04. The molecule has 0 saturated carbocycles. The molecule has 3 nitrogen and oxygen atoms in total. The summed E-state index contributed by atoms with van der Waals surface area (Å²) in [6, 6.07) is 4.61. The SMILES string of the molecule is COc1ccc(S(=O)(=O)Cl)c(C)c1. The second kappa shape index (κ2) is 3.55. The third kappa shape index (κ3) is 2.35. The largest absolute Gasteiger partial charge is 0.497 e. The van der Waals surface area contributed by atoms with E-state index in [9.17, 15) is 8.42 Å². The van der Waals surface area contributed by atoms with E-state index in [0.29, 0.717) is 11.3 Å². The molecule has 0 fully saturated rings. The molecule has 0 aromatic heterocycles. The number of ether oxygens (including phenoxy) is 1. The molecule has 0 bridgehead atoms. The second-order valence-corrected chi connectivity index (χ2v) is 5.10. The van der Waals surface area contributed by atoms with Crippen molar-refractivity contribution < 1.29 is 13.2 Å². The van der Waals surface area contributed by atoms with Crippen LogP contribution in [0.1, 0.15) is 5.56 Å². The summed E-state index contributed by atoms with van der Waals surface area (Å²) in [5, 5.41) is 0. The van der Waals surface area contributed by atoms with Crippen molar-refractivity contribution in [2.75, 3.05) is 7.11 Å². The van der Waals surface area contributed by atoms with Crippen LogP contribution in [-0.2, 0) is 9.05 Å². The maximum absolute atomic E-state index is 11.0. The summed E-state index contributed by atoms with van der Waals surface area (Å²) in [5.74, 6) is 0.613. The van der Waals surface area contributed by atoms with Gasteiger partial charge in [0.2, 0.25) is 0 Å². The highest BCUT2D eigenvalue weighted by Gasteiger charge is 2.13. The fourth-order valence-electron chi connectivity index (χ4n) is 1.02. The zero-order chi connectivity index (χ0) is 10.1. The molecule has 0 radical (unpaired) electrons. The first kappa shape index (κ1) is 10.3. The first-order chi connectivity index (χ1) is 5.95. The second-order valence-electron chi connectivity index (χ2n) is 2.57. The van der Waals surface area contributed by atoms with Gasteiger partial charge in [0, 0.05) is 10.7 Å². The predicted molar refractivity (Wildman–Crippen MR) is 50.8 cm³/mol. The van der Waals surface area contributed by atoms with Crippen molar-refractivity contribution in [3.05, 3.63) is 23.8 Å². The van der Waals surface area contributed by atoms with Crippen LogP contribution in [0.4, 0.5) is 0 Å². The van der Waals surface area contributed by atoms with E-state index in [1.165, 1.54) is 13.2 Å². The van der Waals surface area contributed by atoms with Gasteiger partial charge >= 0.3 is 0 Å². The van der Waals surface area contributed by atoms with Crippen LogP contribution < -0.4 is 4.74 Å². The normalized spacial score (nSPS) is 11.3. The molecule has 0 atom stereocenters. The molecule has 1 aromatic rings. The molecule has 13 heavy (non-hydrogen) atoms. The van der Waals surface area contributed by atoms with Gasteiger partial charge in [0.1, 0.15) is 5.75 Å². The van der Waals surface area contributed by atoms with Gasteiger partial charge in [-0.3, -0.25) is 0 Å². The van der Waals surface area contributed by atoms with Crippen molar-refractivity contribution in [1.29, 1.82) is 0 Å². The van der Waals surface area contributed by atoms with Gasteiger partial charge in [0.15, 0.2) is 0 Å². The molecule has 0 saturated heterocycles. The smallest absolute Gasteiger partial charge is 0.261 e. The summed E-state index contributed by atoms with van der Waals surface area (Å²) in [4.78, 5) is 0.120. The van der Waals surface area contributed by atoms with Crippen LogP contribution in [0.3, 0.4) is 0 Å². The fourth-order valence-corrected chi connectivity index (χ4v) is 2.22. The zero-order valence-corrected chi connectivity index (χ0v) is 8.82. The minimum absolute atomic E-state index is 0.120. The van der Waals surface area contributed by atoms with Gasteiger partial charge in [0.05, 0.1) is 12.0 Å². The molecule has 72 valence electrons. The molecule has 0 heterocycles. The van der Waals surface area contributed by atoms with E-state index in [1.807, 2.05) is 0 Å². The van der Waals surface area contributed by atoms with Crippen LogP contribution in [0, 0.1) is 6.92 Å². The molecule has 0 aliphatic heterocycles. The Morgan fingerprint density at radius 1 is 1.38 bits per heavy atom. The number of aryl methyl sites for hydroxylation is 1. The summed E-state index contributed by atoms with van der Waals surface area (Å²) in [6.45, 7) is 1.66. The van der Waals surface area contributed by atoms with Crippen LogP contribution in [0.2, 0.25) is 0 Å². The molecule has 0 spiro atoms. The van der Waals surface area contributed by atoms with Gasteiger partial charge < -0.3 is 4.74 Å². The average molecular weight is 221 g/mol. The summed E-state index contributed by atoms with van der Waals surface area (Å²) in [5.41, 5.74) is 0.578. The zero-order valence-electron chi connectivity index (χ0n) is 7.24. The summed E-state index contributed by atoms with van der Waals surface area (Å²) >= 11 is 0. The Labute approximate surface area is 81.7 Å². The third-order valence-corrected chi connectivity index (χ3v) is 3.13. The van der Waals surface area contributed by atoms with Gasteiger partial charge in [-0.2, -0.15) is 0 Å². The Hall–Kier alpha value is -0.740. The highest BCUT2D eigenvalue weighted by Crippen LogP contribution is 2.23. The first-order valence-electron chi connectivity index (χ1n) is 3.54.